The van der Waals surface area contributed by atoms with Crippen LogP contribution in [0.5, 0.6) is 0 Å². The molecule has 1 unspecified atom stereocenters. The van der Waals surface area contributed by atoms with Crippen LogP contribution in [0.3, 0.4) is 0 Å². The summed E-state index contributed by atoms with van der Waals surface area (Å²) in [6.45, 7) is 12.5. The molecule has 0 rings (SSSR count). The van der Waals surface area contributed by atoms with E-state index in [9.17, 15) is 4.79 Å². The van der Waals surface area contributed by atoms with Gasteiger partial charge in [-0.05, 0) is 70.1 Å². The van der Waals surface area contributed by atoms with Crippen LogP contribution in [-0.4, -0.2) is 22.5 Å². The van der Waals surface area contributed by atoms with Crippen molar-refractivity contribution in [3.8, 4) is 0 Å². The molecule has 1 atom stereocenters. The Bertz CT molecular complexity index is 608. The van der Waals surface area contributed by atoms with Gasteiger partial charge in [0.2, 0.25) is 0 Å². The van der Waals surface area contributed by atoms with Crippen LogP contribution in [0.25, 0.3) is 0 Å². The summed E-state index contributed by atoms with van der Waals surface area (Å²) in [5.74, 6) is -0.130. The van der Waals surface area contributed by atoms with Gasteiger partial charge in [0, 0.05) is 25.4 Å². The van der Waals surface area contributed by atoms with E-state index in [2.05, 4.69) is 64.1 Å². The Morgan fingerprint density at radius 3 is 1.74 bits per heavy atom. The number of carbonyl (C=O) groups is 1. The smallest absolute Gasteiger partial charge is 0.303 e. The molecular weight excluding hydrogens is 466 g/mol. The van der Waals surface area contributed by atoms with E-state index in [0.29, 0.717) is 12.3 Å². The van der Waals surface area contributed by atoms with Gasteiger partial charge in [-0.25, -0.2) is 0 Å². The lowest BCUT2D eigenvalue weighted by atomic mass is 9.97. The number of aliphatic carboxylic acids is 1. The Morgan fingerprint density at radius 1 is 0.658 bits per heavy atom. The summed E-state index contributed by atoms with van der Waals surface area (Å²) in [6, 6.07) is 0. The molecule has 0 aliphatic heterocycles. The predicted octanol–water partition coefficient (Wildman–Crippen LogP) is 11.6. The van der Waals surface area contributed by atoms with Crippen molar-refractivity contribution in [2.24, 2.45) is 5.92 Å². The van der Waals surface area contributed by atoms with Crippen molar-refractivity contribution >= 4 is 5.97 Å². The van der Waals surface area contributed by atoms with E-state index < -0.39 is 5.97 Å². The first-order valence-electron chi connectivity index (χ1n) is 16.5. The molecule has 0 saturated carbocycles. The minimum absolute atomic E-state index is 0.306. The molecule has 0 heterocycles. The summed E-state index contributed by atoms with van der Waals surface area (Å²) < 4.78 is 0. The van der Waals surface area contributed by atoms with Crippen LogP contribution < -0.4 is 0 Å². The molecule has 0 bridgehead atoms. The van der Waals surface area contributed by atoms with Crippen molar-refractivity contribution < 1.29 is 9.90 Å². The molecule has 222 valence electrons. The van der Waals surface area contributed by atoms with E-state index in [1.807, 2.05) is 0 Å². The van der Waals surface area contributed by atoms with Gasteiger partial charge in [-0.2, -0.15) is 0 Å². The predicted molar refractivity (Wildman–Crippen MR) is 168 cm³/mol. The van der Waals surface area contributed by atoms with E-state index in [4.69, 9.17) is 5.11 Å². The van der Waals surface area contributed by atoms with Crippen molar-refractivity contribution in [2.75, 3.05) is 6.54 Å². The van der Waals surface area contributed by atoms with Crippen LogP contribution >= 0.6 is 0 Å². The van der Waals surface area contributed by atoms with Gasteiger partial charge in [-0.15, -0.1) is 0 Å². The van der Waals surface area contributed by atoms with Gasteiger partial charge in [0.1, 0.15) is 0 Å². The second-order valence-electron chi connectivity index (χ2n) is 11.3. The van der Waals surface area contributed by atoms with Gasteiger partial charge in [-0.1, -0.05) is 122 Å². The monoisotopic (exact) mass is 532 g/mol. The number of rotatable bonds is 27. The number of allylic oxidation sites excluding steroid dienone is 3. The molecule has 0 saturated heterocycles. The Balaban J connectivity index is 5.41. The summed E-state index contributed by atoms with van der Waals surface area (Å²) in [5.41, 5.74) is 3.13. The normalized spacial score (nSPS) is 13.4. The van der Waals surface area contributed by atoms with Crippen molar-refractivity contribution in [1.29, 1.82) is 0 Å². The molecule has 0 spiro atoms. The first kappa shape index (κ1) is 36.5. The van der Waals surface area contributed by atoms with Gasteiger partial charge < -0.3 is 10.0 Å². The van der Waals surface area contributed by atoms with Gasteiger partial charge in [0.15, 0.2) is 0 Å². The lowest BCUT2D eigenvalue weighted by Gasteiger charge is -2.25. The van der Waals surface area contributed by atoms with Gasteiger partial charge in [-0.3, -0.25) is 4.79 Å². The molecule has 0 aromatic rings. The number of nitrogens with zero attached hydrogens (tertiary/aromatic N) is 1. The highest BCUT2D eigenvalue weighted by Gasteiger charge is 2.11. The lowest BCUT2D eigenvalue weighted by molar-refractivity contribution is -0.137. The van der Waals surface area contributed by atoms with Crippen LogP contribution in [0.4, 0.5) is 0 Å². The van der Waals surface area contributed by atoms with Crippen molar-refractivity contribution in [3.63, 3.8) is 0 Å². The molecule has 1 N–H and O–H groups in total. The van der Waals surface area contributed by atoms with E-state index >= 15 is 0 Å². The highest BCUT2D eigenvalue weighted by Crippen LogP contribution is 2.21. The average molecular weight is 532 g/mol. The number of hydrogen-bond acceptors (Lipinski definition) is 2. The third-order valence-corrected chi connectivity index (χ3v) is 7.60. The Kier molecular flexibility index (Phi) is 26.0. The Labute approximate surface area is 238 Å². The fourth-order valence-corrected chi connectivity index (χ4v) is 4.97. The minimum Gasteiger partial charge on any atom is -0.481 e. The molecule has 3 heteroatoms. The molecule has 0 aromatic carbocycles. The standard InChI is InChI=1S/C35H65NO2/c1-6-11-14-15-16-17-18-21-26-34(27-22-19-20-23-28-35(37)38)31-36(29-32(9-4)24-12-7-2)30-33(10-5)25-13-8-3/h21,26,29-30,34H,6-20,22-25,27-28,31H2,1-5H3,(H,37,38)/b26-21-,32-29-,33-30-. The van der Waals surface area contributed by atoms with Crippen LogP contribution in [0.2, 0.25) is 0 Å². The number of unbranched alkanes of at least 4 members (excludes halogenated alkanes) is 11. The second-order valence-corrected chi connectivity index (χ2v) is 11.3. The third-order valence-electron chi connectivity index (χ3n) is 7.60. The minimum atomic E-state index is -0.667. The third kappa shape index (κ3) is 22.5. The summed E-state index contributed by atoms with van der Waals surface area (Å²) >= 11 is 0. The number of hydrogen-bond donors (Lipinski definition) is 1. The van der Waals surface area contributed by atoms with Crippen molar-refractivity contribution in [2.45, 2.75) is 169 Å². The maximum Gasteiger partial charge on any atom is 0.303 e. The lowest BCUT2D eigenvalue weighted by Crippen LogP contribution is -2.20. The quantitative estimate of drug-likeness (QED) is 0.0846. The molecule has 0 aliphatic carbocycles. The summed E-state index contributed by atoms with van der Waals surface area (Å²) in [4.78, 5) is 13.4. The fourth-order valence-electron chi connectivity index (χ4n) is 4.97. The molecule has 0 fully saturated rings. The topological polar surface area (TPSA) is 40.5 Å². The molecule has 0 aliphatic rings. The molecule has 0 aromatic heterocycles. The maximum atomic E-state index is 10.8. The van der Waals surface area contributed by atoms with Crippen molar-refractivity contribution in [1.82, 2.24) is 4.90 Å². The zero-order valence-electron chi connectivity index (χ0n) is 26.2. The molecule has 0 amide bonds. The summed E-state index contributed by atoms with van der Waals surface area (Å²) in [7, 11) is 0. The Hall–Kier alpha value is -1.51. The molecule has 38 heavy (non-hydrogen) atoms. The molecule has 0 radical (unpaired) electrons. The van der Waals surface area contributed by atoms with E-state index in [1.54, 1.807) is 11.1 Å². The second kappa shape index (κ2) is 27.1. The van der Waals surface area contributed by atoms with Crippen LogP contribution in [0.1, 0.15) is 169 Å². The van der Waals surface area contributed by atoms with E-state index in [-0.39, 0.29) is 0 Å². The summed E-state index contributed by atoms with van der Waals surface area (Å²) in [5, 5.41) is 8.93. The largest absolute Gasteiger partial charge is 0.481 e. The van der Waals surface area contributed by atoms with Crippen LogP contribution in [0.15, 0.2) is 35.7 Å². The van der Waals surface area contributed by atoms with E-state index in [0.717, 1.165) is 38.6 Å². The van der Waals surface area contributed by atoms with Gasteiger partial charge in [0.25, 0.3) is 0 Å². The highest BCUT2D eigenvalue weighted by atomic mass is 16.4. The molecular formula is C35H65NO2. The SMILES string of the molecule is CCCCCCCC/C=C\C(CCCCCCC(=O)O)CN(/C=C(/CC)CCCC)/C=C(/CC)CCCC. The number of carboxylic acids is 1. The van der Waals surface area contributed by atoms with Crippen LogP contribution in [-0.2, 0) is 4.79 Å². The number of carboxylic acid groups (broad SMARTS) is 1. The fraction of sp³-hybridized carbons (Fsp3) is 0.800. The summed E-state index contributed by atoms with van der Waals surface area (Å²) in [6.07, 6.45) is 34.5. The molecule has 3 nitrogen and oxygen atoms in total. The average Bonchev–Trinajstić information content (AvgIpc) is 2.91. The maximum absolute atomic E-state index is 10.8. The zero-order valence-corrected chi connectivity index (χ0v) is 26.2. The first-order chi connectivity index (χ1) is 18.5. The van der Waals surface area contributed by atoms with Crippen molar-refractivity contribution in [3.05, 3.63) is 35.7 Å². The van der Waals surface area contributed by atoms with Gasteiger partial charge in [0.05, 0.1) is 0 Å². The van der Waals surface area contributed by atoms with Gasteiger partial charge >= 0.3 is 5.97 Å². The van der Waals surface area contributed by atoms with E-state index in [1.165, 1.54) is 96.3 Å². The van der Waals surface area contributed by atoms with Crippen LogP contribution in [0, 0.1) is 5.92 Å². The Morgan fingerprint density at radius 2 is 1.18 bits per heavy atom. The first-order valence-corrected chi connectivity index (χ1v) is 16.5. The highest BCUT2D eigenvalue weighted by molar-refractivity contribution is 5.66. The zero-order chi connectivity index (χ0) is 28.3.